The second kappa shape index (κ2) is 9.00. The molecule has 1 aromatic carbocycles. The third-order valence-electron chi connectivity index (χ3n) is 5.97. The zero-order chi connectivity index (χ0) is 20.2. The highest BCUT2D eigenvalue weighted by Crippen LogP contribution is 2.24. The average Bonchev–Trinajstić information content (AvgIpc) is 3.26. The minimum atomic E-state index is -0.193. The standard InChI is InChI=1S/C21H28FN5O2/c1-16(14-17-2-4-18(22)5-3-17)25-8-6-19(7-9-25)27-15-20(23-24-27)21(28)26-10-12-29-13-11-26/h2-5,15-16,19H,6-14H2,1H3. The van der Waals surface area contributed by atoms with E-state index in [0.29, 0.717) is 38.0 Å². The van der Waals surface area contributed by atoms with Gasteiger partial charge in [-0.15, -0.1) is 5.10 Å². The van der Waals surface area contributed by atoms with E-state index < -0.39 is 0 Å². The van der Waals surface area contributed by atoms with Crippen LogP contribution in [0.3, 0.4) is 0 Å². The molecule has 29 heavy (non-hydrogen) atoms. The first-order chi connectivity index (χ1) is 14.1. The number of halogens is 1. The van der Waals surface area contributed by atoms with Gasteiger partial charge < -0.3 is 14.5 Å². The molecule has 2 fully saturated rings. The molecule has 0 saturated carbocycles. The van der Waals surface area contributed by atoms with Crippen LogP contribution in [0.25, 0.3) is 0 Å². The predicted octanol–water partition coefficient (Wildman–Crippen LogP) is 2.16. The Labute approximate surface area is 170 Å². The molecule has 0 aliphatic carbocycles. The summed E-state index contributed by atoms with van der Waals surface area (Å²) in [4.78, 5) is 16.8. The van der Waals surface area contributed by atoms with Crippen LogP contribution in [-0.2, 0) is 11.2 Å². The molecular formula is C21H28FN5O2. The molecule has 0 spiro atoms. The maximum absolute atomic E-state index is 13.1. The van der Waals surface area contributed by atoms with E-state index in [2.05, 4.69) is 22.1 Å². The lowest BCUT2D eigenvalue weighted by atomic mass is 10.0. The molecule has 156 valence electrons. The first-order valence-corrected chi connectivity index (χ1v) is 10.4. The van der Waals surface area contributed by atoms with Gasteiger partial charge in [-0.05, 0) is 43.9 Å². The van der Waals surface area contributed by atoms with Crippen molar-refractivity contribution < 1.29 is 13.9 Å². The van der Waals surface area contributed by atoms with Gasteiger partial charge >= 0.3 is 0 Å². The molecule has 7 nitrogen and oxygen atoms in total. The van der Waals surface area contributed by atoms with Gasteiger partial charge in [0.05, 0.1) is 25.5 Å². The van der Waals surface area contributed by atoms with Crippen LogP contribution in [0.15, 0.2) is 30.5 Å². The van der Waals surface area contributed by atoms with Gasteiger partial charge in [0.2, 0.25) is 0 Å². The van der Waals surface area contributed by atoms with Crippen LogP contribution in [0, 0.1) is 5.82 Å². The van der Waals surface area contributed by atoms with Crippen molar-refractivity contribution in [3.8, 4) is 0 Å². The van der Waals surface area contributed by atoms with Gasteiger partial charge in [0.15, 0.2) is 5.69 Å². The van der Waals surface area contributed by atoms with Crippen molar-refractivity contribution >= 4 is 5.91 Å². The normalized spacial score (nSPS) is 20.0. The van der Waals surface area contributed by atoms with Gasteiger partial charge in [-0.2, -0.15) is 0 Å². The van der Waals surface area contributed by atoms with Crippen LogP contribution in [0.5, 0.6) is 0 Å². The number of aromatic nitrogens is 3. The van der Waals surface area contributed by atoms with Crippen molar-refractivity contribution in [1.29, 1.82) is 0 Å². The van der Waals surface area contributed by atoms with E-state index in [1.807, 2.05) is 16.8 Å². The monoisotopic (exact) mass is 401 g/mol. The fraction of sp³-hybridized carbons (Fsp3) is 0.571. The second-order valence-corrected chi connectivity index (χ2v) is 7.94. The summed E-state index contributed by atoms with van der Waals surface area (Å²) in [7, 11) is 0. The Hall–Kier alpha value is -2.32. The molecule has 1 unspecified atom stereocenters. The van der Waals surface area contributed by atoms with Crippen molar-refractivity contribution in [3.63, 3.8) is 0 Å². The Kier molecular flexibility index (Phi) is 6.20. The number of morpholine rings is 1. The van der Waals surface area contributed by atoms with Gasteiger partial charge in [-0.3, -0.25) is 4.79 Å². The Balaban J connectivity index is 1.29. The van der Waals surface area contributed by atoms with Crippen LogP contribution >= 0.6 is 0 Å². The Morgan fingerprint density at radius 1 is 1.17 bits per heavy atom. The molecule has 0 radical (unpaired) electrons. The van der Waals surface area contributed by atoms with E-state index in [1.54, 1.807) is 11.1 Å². The SMILES string of the molecule is CC(Cc1ccc(F)cc1)N1CCC(n2cc(C(=O)N3CCOCC3)nn2)CC1. The van der Waals surface area contributed by atoms with E-state index in [1.165, 1.54) is 12.1 Å². The fourth-order valence-electron chi connectivity index (χ4n) is 4.16. The van der Waals surface area contributed by atoms with Crippen molar-refractivity contribution in [2.45, 2.75) is 38.3 Å². The zero-order valence-corrected chi connectivity index (χ0v) is 16.8. The summed E-state index contributed by atoms with van der Waals surface area (Å²) >= 11 is 0. The van der Waals surface area contributed by atoms with E-state index in [0.717, 1.165) is 37.9 Å². The van der Waals surface area contributed by atoms with Crippen LogP contribution in [0.1, 0.15) is 41.9 Å². The van der Waals surface area contributed by atoms with Crippen molar-refractivity contribution in [2.75, 3.05) is 39.4 Å². The number of carbonyl (C=O) groups excluding carboxylic acids is 1. The fourth-order valence-corrected chi connectivity index (χ4v) is 4.16. The third kappa shape index (κ3) is 4.82. The van der Waals surface area contributed by atoms with Crippen molar-refractivity contribution in [3.05, 3.63) is 47.5 Å². The minimum absolute atomic E-state index is 0.0649. The maximum atomic E-state index is 13.1. The molecule has 4 rings (SSSR count). The smallest absolute Gasteiger partial charge is 0.276 e. The number of benzene rings is 1. The molecule has 2 aromatic rings. The first kappa shape index (κ1) is 20.0. The largest absolute Gasteiger partial charge is 0.378 e. The quantitative estimate of drug-likeness (QED) is 0.768. The van der Waals surface area contributed by atoms with Crippen LogP contribution in [0.4, 0.5) is 4.39 Å². The molecule has 2 aliphatic heterocycles. The lowest BCUT2D eigenvalue weighted by Crippen LogP contribution is -2.41. The second-order valence-electron chi connectivity index (χ2n) is 7.94. The van der Waals surface area contributed by atoms with Gasteiger partial charge in [-0.1, -0.05) is 17.3 Å². The number of ether oxygens (including phenoxy) is 1. The zero-order valence-electron chi connectivity index (χ0n) is 16.8. The number of piperidine rings is 1. The highest BCUT2D eigenvalue weighted by Gasteiger charge is 2.26. The number of carbonyl (C=O) groups is 1. The number of likely N-dealkylation sites (tertiary alicyclic amines) is 1. The number of hydrogen-bond donors (Lipinski definition) is 0. The predicted molar refractivity (Wildman–Crippen MR) is 106 cm³/mol. The lowest BCUT2D eigenvalue weighted by Gasteiger charge is -2.36. The van der Waals surface area contributed by atoms with Crippen molar-refractivity contribution in [2.24, 2.45) is 0 Å². The number of rotatable bonds is 5. The number of nitrogens with zero attached hydrogens (tertiary/aromatic N) is 5. The highest BCUT2D eigenvalue weighted by atomic mass is 19.1. The summed E-state index contributed by atoms with van der Waals surface area (Å²) in [6.45, 7) is 6.53. The van der Waals surface area contributed by atoms with Crippen LogP contribution in [-0.4, -0.2) is 76.1 Å². The molecule has 1 aromatic heterocycles. The lowest BCUT2D eigenvalue weighted by molar-refractivity contribution is 0.0299. The van der Waals surface area contributed by atoms with Crippen LogP contribution in [0.2, 0.25) is 0 Å². The molecule has 3 heterocycles. The number of amides is 1. The Bertz CT molecular complexity index is 811. The van der Waals surface area contributed by atoms with Gasteiger partial charge in [0.25, 0.3) is 5.91 Å². The van der Waals surface area contributed by atoms with Crippen LogP contribution < -0.4 is 0 Å². The summed E-state index contributed by atoms with van der Waals surface area (Å²) in [5, 5.41) is 8.36. The minimum Gasteiger partial charge on any atom is -0.378 e. The van der Waals surface area contributed by atoms with E-state index in [4.69, 9.17) is 4.74 Å². The topological polar surface area (TPSA) is 63.5 Å². The van der Waals surface area contributed by atoms with E-state index in [-0.39, 0.29) is 17.8 Å². The van der Waals surface area contributed by atoms with E-state index in [9.17, 15) is 9.18 Å². The van der Waals surface area contributed by atoms with E-state index >= 15 is 0 Å². The molecule has 8 heteroatoms. The van der Waals surface area contributed by atoms with Gasteiger partial charge in [-0.25, -0.2) is 9.07 Å². The maximum Gasteiger partial charge on any atom is 0.276 e. The Morgan fingerprint density at radius 3 is 2.55 bits per heavy atom. The van der Waals surface area contributed by atoms with Gasteiger partial charge in [0.1, 0.15) is 5.82 Å². The highest BCUT2D eigenvalue weighted by molar-refractivity contribution is 5.92. The molecule has 0 bridgehead atoms. The molecule has 2 aliphatic rings. The molecule has 2 saturated heterocycles. The summed E-state index contributed by atoms with van der Waals surface area (Å²) in [5.74, 6) is -0.258. The summed E-state index contributed by atoms with van der Waals surface area (Å²) in [5.41, 5.74) is 1.57. The van der Waals surface area contributed by atoms with Gasteiger partial charge in [0, 0.05) is 32.2 Å². The van der Waals surface area contributed by atoms with Crippen molar-refractivity contribution in [1.82, 2.24) is 24.8 Å². The summed E-state index contributed by atoms with van der Waals surface area (Å²) in [6.07, 6.45) is 4.65. The first-order valence-electron chi connectivity index (χ1n) is 10.4. The molecule has 1 amide bonds. The molecular weight excluding hydrogens is 373 g/mol. The Morgan fingerprint density at radius 2 is 1.86 bits per heavy atom. The summed E-state index contributed by atoms with van der Waals surface area (Å²) < 4.78 is 20.2. The molecule has 1 atom stereocenters. The molecule has 0 N–H and O–H groups in total. The number of hydrogen-bond acceptors (Lipinski definition) is 5. The summed E-state index contributed by atoms with van der Waals surface area (Å²) in [6, 6.07) is 7.43. The average molecular weight is 401 g/mol. The third-order valence-corrected chi connectivity index (χ3v) is 5.97.